The molecule has 26 heavy (non-hydrogen) atoms. The summed E-state index contributed by atoms with van der Waals surface area (Å²) in [6.07, 6.45) is 4.88. The maximum Gasteiger partial charge on any atom is 0.249 e. The lowest BCUT2D eigenvalue weighted by atomic mass is 9.92. The molecule has 0 unspecified atom stereocenters. The number of hydrogen-bond donors (Lipinski definition) is 1. The lowest BCUT2D eigenvalue weighted by Gasteiger charge is -2.15. The molecule has 0 spiro atoms. The minimum atomic E-state index is -0.445. The van der Waals surface area contributed by atoms with Crippen molar-refractivity contribution in [1.29, 1.82) is 0 Å². The molecule has 0 radical (unpaired) electrons. The van der Waals surface area contributed by atoms with Crippen LogP contribution in [0.3, 0.4) is 0 Å². The zero-order valence-electron chi connectivity index (χ0n) is 14.1. The lowest BCUT2D eigenvalue weighted by Crippen LogP contribution is -2.14. The van der Waals surface area contributed by atoms with E-state index in [1.165, 1.54) is 5.56 Å². The van der Waals surface area contributed by atoms with Gasteiger partial charge in [-0.2, -0.15) is 0 Å². The Morgan fingerprint density at radius 3 is 2.77 bits per heavy atom. The molecule has 3 aromatic rings. The maximum atomic E-state index is 11.9. The van der Waals surface area contributed by atoms with Gasteiger partial charge < -0.3 is 5.73 Å². The highest BCUT2D eigenvalue weighted by atomic mass is 35.5. The van der Waals surface area contributed by atoms with Crippen molar-refractivity contribution in [3.8, 4) is 11.1 Å². The predicted molar refractivity (Wildman–Crippen MR) is 105 cm³/mol. The average molecular weight is 361 g/mol. The van der Waals surface area contributed by atoms with Gasteiger partial charge in [0.05, 0.1) is 5.69 Å². The molecule has 1 amide bonds. The number of primary amides is 1. The van der Waals surface area contributed by atoms with Gasteiger partial charge >= 0.3 is 0 Å². The van der Waals surface area contributed by atoms with Crippen molar-refractivity contribution in [1.82, 2.24) is 4.98 Å². The van der Waals surface area contributed by atoms with Crippen LogP contribution in [-0.4, -0.2) is 10.9 Å². The molecule has 1 heterocycles. The normalized spacial score (nSPS) is 11.7. The fourth-order valence-electron chi connectivity index (χ4n) is 3.61. The van der Waals surface area contributed by atoms with Crippen molar-refractivity contribution in [3.05, 3.63) is 93.8 Å². The Morgan fingerprint density at radius 1 is 1.27 bits per heavy atom. The first-order chi connectivity index (χ1) is 12.6. The molecular weight excluding hydrogens is 344 g/mol. The van der Waals surface area contributed by atoms with Gasteiger partial charge in [0.15, 0.2) is 0 Å². The number of nitrogens with two attached hydrogens (primary N) is 1. The smallest absolute Gasteiger partial charge is 0.249 e. The maximum absolute atomic E-state index is 11.9. The van der Waals surface area contributed by atoms with E-state index in [1.54, 1.807) is 12.1 Å². The van der Waals surface area contributed by atoms with Crippen LogP contribution in [0, 0.1) is 0 Å². The van der Waals surface area contributed by atoms with Crippen LogP contribution in [0.5, 0.6) is 0 Å². The summed E-state index contributed by atoms with van der Waals surface area (Å²) in [4.78, 5) is 16.3. The number of halogens is 1. The number of benzene rings is 2. The monoisotopic (exact) mass is 360 g/mol. The second-order valence-corrected chi connectivity index (χ2v) is 6.82. The molecular formula is C22H17ClN2O. The van der Waals surface area contributed by atoms with Crippen molar-refractivity contribution in [2.24, 2.45) is 5.73 Å². The van der Waals surface area contributed by atoms with E-state index < -0.39 is 5.91 Å². The molecule has 3 nitrogen and oxygen atoms in total. The summed E-state index contributed by atoms with van der Waals surface area (Å²) in [6, 6.07) is 13.8. The highest BCUT2D eigenvalue weighted by Crippen LogP contribution is 2.44. The molecule has 0 bridgehead atoms. The van der Waals surface area contributed by atoms with Crippen LogP contribution >= 0.6 is 11.6 Å². The van der Waals surface area contributed by atoms with Crippen LogP contribution < -0.4 is 5.73 Å². The van der Waals surface area contributed by atoms with Crippen LogP contribution in [0.4, 0.5) is 0 Å². The van der Waals surface area contributed by atoms with Gasteiger partial charge in [-0.15, -0.1) is 0 Å². The molecule has 2 aromatic carbocycles. The number of carbonyl (C=O) groups is 1. The molecule has 0 saturated carbocycles. The van der Waals surface area contributed by atoms with Gasteiger partial charge in [-0.05, 0) is 58.0 Å². The van der Waals surface area contributed by atoms with E-state index in [0.29, 0.717) is 23.4 Å². The number of nitrogens with zero attached hydrogens (tertiary/aromatic N) is 1. The first-order valence-corrected chi connectivity index (χ1v) is 8.76. The topological polar surface area (TPSA) is 56.0 Å². The Kier molecular flexibility index (Phi) is 4.09. The van der Waals surface area contributed by atoms with Gasteiger partial charge in [-0.1, -0.05) is 48.5 Å². The molecule has 0 aliphatic heterocycles. The highest BCUT2D eigenvalue weighted by molar-refractivity contribution is 6.32. The molecule has 4 rings (SSSR count). The number of carbonyl (C=O) groups excluding carboxylic acids is 1. The number of aromatic nitrogens is 1. The average Bonchev–Trinajstić information content (AvgIpc) is 3.03. The van der Waals surface area contributed by atoms with Crippen LogP contribution in [-0.2, 0) is 12.8 Å². The van der Waals surface area contributed by atoms with Crippen molar-refractivity contribution in [2.75, 3.05) is 0 Å². The SMILES string of the molecule is C=Cc1ccc(Cc2c(Cl)cc(C(N)=O)c3c2-c2ccccc2C3)cn1. The third kappa shape index (κ3) is 2.71. The van der Waals surface area contributed by atoms with Gasteiger partial charge in [0.2, 0.25) is 5.91 Å². The van der Waals surface area contributed by atoms with E-state index in [0.717, 1.165) is 33.5 Å². The zero-order chi connectivity index (χ0) is 18.3. The summed E-state index contributed by atoms with van der Waals surface area (Å²) in [6.45, 7) is 3.73. The third-order valence-corrected chi connectivity index (χ3v) is 5.18. The number of fused-ring (bicyclic) bond motifs is 3. The molecule has 4 heteroatoms. The quantitative estimate of drug-likeness (QED) is 0.576. The fourth-order valence-corrected chi connectivity index (χ4v) is 3.88. The van der Waals surface area contributed by atoms with E-state index in [2.05, 4.69) is 23.7 Å². The Balaban J connectivity index is 1.89. The summed E-state index contributed by atoms with van der Waals surface area (Å²) in [5, 5.41) is 0.557. The predicted octanol–water partition coefficient (Wildman–Crippen LogP) is 4.64. The molecule has 1 aliphatic carbocycles. The van der Waals surface area contributed by atoms with Gasteiger partial charge in [0.1, 0.15) is 0 Å². The van der Waals surface area contributed by atoms with E-state index >= 15 is 0 Å². The second-order valence-electron chi connectivity index (χ2n) is 6.41. The van der Waals surface area contributed by atoms with E-state index in [1.807, 2.05) is 30.5 Å². The van der Waals surface area contributed by atoms with Crippen molar-refractivity contribution in [3.63, 3.8) is 0 Å². The Labute approximate surface area is 157 Å². The fraction of sp³-hybridized carbons (Fsp3) is 0.0909. The van der Waals surface area contributed by atoms with Gasteiger partial charge in [-0.25, -0.2) is 0 Å². The number of rotatable bonds is 4. The van der Waals surface area contributed by atoms with Gasteiger partial charge in [0, 0.05) is 23.2 Å². The number of pyridine rings is 1. The van der Waals surface area contributed by atoms with Crippen molar-refractivity contribution < 1.29 is 4.79 Å². The molecule has 1 aromatic heterocycles. The number of amides is 1. The standard InChI is InChI=1S/C22H17ClN2O/c1-2-15-8-7-13(12-25-15)9-19-20(23)11-18(22(24)26)17-10-14-5-3-4-6-16(14)21(17)19/h2-8,11-12H,1,9-10H2,(H2,24,26). The summed E-state index contributed by atoms with van der Waals surface area (Å²) in [5.41, 5.74) is 13.3. The van der Waals surface area contributed by atoms with Gasteiger partial charge in [0.25, 0.3) is 0 Å². The summed E-state index contributed by atoms with van der Waals surface area (Å²) in [7, 11) is 0. The minimum Gasteiger partial charge on any atom is -0.366 e. The van der Waals surface area contributed by atoms with E-state index in [-0.39, 0.29) is 0 Å². The lowest BCUT2D eigenvalue weighted by molar-refractivity contribution is 0.0999. The van der Waals surface area contributed by atoms with Gasteiger partial charge in [-0.3, -0.25) is 9.78 Å². The van der Waals surface area contributed by atoms with Crippen molar-refractivity contribution in [2.45, 2.75) is 12.8 Å². The molecule has 0 fully saturated rings. The summed E-state index contributed by atoms with van der Waals surface area (Å²) in [5.74, 6) is -0.445. The first kappa shape index (κ1) is 16.6. The van der Waals surface area contributed by atoms with Crippen molar-refractivity contribution >= 4 is 23.6 Å². The summed E-state index contributed by atoms with van der Waals surface area (Å²) < 4.78 is 0. The molecule has 0 saturated heterocycles. The van der Waals surface area contributed by atoms with E-state index in [9.17, 15) is 4.79 Å². The molecule has 1 aliphatic rings. The minimum absolute atomic E-state index is 0.445. The first-order valence-electron chi connectivity index (χ1n) is 8.38. The largest absolute Gasteiger partial charge is 0.366 e. The second kappa shape index (κ2) is 6.43. The van der Waals surface area contributed by atoms with Crippen LogP contribution in [0.2, 0.25) is 5.02 Å². The van der Waals surface area contributed by atoms with Crippen LogP contribution in [0.25, 0.3) is 17.2 Å². The number of hydrogen-bond acceptors (Lipinski definition) is 2. The Bertz CT molecular complexity index is 1040. The Morgan fingerprint density at radius 2 is 2.08 bits per heavy atom. The van der Waals surface area contributed by atoms with Crippen LogP contribution in [0.15, 0.2) is 55.2 Å². The zero-order valence-corrected chi connectivity index (χ0v) is 14.9. The molecule has 2 N–H and O–H groups in total. The Hall–Kier alpha value is -2.91. The van der Waals surface area contributed by atoms with E-state index in [4.69, 9.17) is 17.3 Å². The molecule has 0 atom stereocenters. The van der Waals surface area contributed by atoms with Crippen LogP contribution in [0.1, 0.15) is 38.3 Å². The molecule has 128 valence electrons. The third-order valence-electron chi connectivity index (χ3n) is 4.85. The summed E-state index contributed by atoms with van der Waals surface area (Å²) >= 11 is 6.59. The highest BCUT2D eigenvalue weighted by Gasteiger charge is 2.27.